The number of hydrogen-bond acceptors (Lipinski definition) is 1. The first kappa shape index (κ1) is 38.6. The van der Waals surface area contributed by atoms with Crippen LogP contribution in [-0.4, -0.2) is 16.4 Å². The van der Waals surface area contributed by atoms with Gasteiger partial charge in [-0.1, -0.05) is 136 Å². The molecule has 0 heterocycles. The third-order valence-electron chi connectivity index (χ3n) is 9.51. The Hall–Kier alpha value is -1.56. The molecule has 44 heavy (non-hydrogen) atoms. The summed E-state index contributed by atoms with van der Waals surface area (Å²) >= 11 is 0. The topological polar surface area (TPSA) is 9.23 Å². The minimum atomic E-state index is -3.05. The van der Waals surface area contributed by atoms with Crippen LogP contribution in [0.4, 0.5) is 30.7 Å². The maximum atomic E-state index is 15.7. The minimum absolute atomic E-state index is 0.132. The normalized spacial score (nSPS) is 13.7. The van der Waals surface area contributed by atoms with Gasteiger partial charge in [0.15, 0.2) is 40.7 Å². The summed E-state index contributed by atoms with van der Waals surface area (Å²) in [7, 11) is -4.34. The molecular formula is C34H53F7OSi2. The van der Waals surface area contributed by atoms with Crippen LogP contribution in [0.15, 0.2) is 0 Å². The highest BCUT2D eigenvalue weighted by Gasteiger charge is 2.42. The van der Waals surface area contributed by atoms with Crippen molar-refractivity contribution in [1.82, 2.24) is 0 Å². The van der Waals surface area contributed by atoms with Crippen molar-refractivity contribution in [2.45, 2.75) is 154 Å². The van der Waals surface area contributed by atoms with E-state index in [2.05, 4.69) is 27.7 Å². The van der Waals surface area contributed by atoms with E-state index in [4.69, 9.17) is 4.43 Å². The highest BCUT2D eigenvalue weighted by molar-refractivity contribution is 6.79. The van der Waals surface area contributed by atoms with E-state index < -0.39 is 73.6 Å². The van der Waals surface area contributed by atoms with Crippen molar-refractivity contribution in [2.75, 3.05) is 0 Å². The quantitative estimate of drug-likeness (QED) is 0.0424. The Kier molecular flexibility index (Phi) is 15.8. The molecule has 0 radical (unpaired) electrons. The van der Waals surface area contributed by atoms with Gasteiger partial charge in [-0.05, 0) is 17.6 Å². The van der Waals surface area contributed by atoms with Crippen LogP contribution in [0.2, 0.25) is 41.8 Å². The first-order valence-electron chi connectivity index (χ1n) is 16.9. The summed E-state index contributed by atoms with van der Waals surface area (Å²) in [5.41, 5.74) is -0.132. The largest absolute Gasteiger partial charge is 0.539 e. The zero-order valence-corrected chi connectivity index (χ0v) is 29.7. The second-order valence-corrected chi connectivity index (χ2v) is 22.6. The summed E-state index contributed by atoms with van der Waals surface area (Å²) in [6.45, 7) is 12.7. The number of halogens is 7. The fraction of sp³-hybridized carbons (Fsp3) is 0.706. The molecule has 0 spiro atoms. The van der Waals surface area contributed by atoms with Crippen molar-refractivity contribution in [2.24, 2.45) is 0 Å². The molecule has 0 aliphatic rings. The maximum Gasteiger partial charge on any atom is 0.254 e. The highest BCUT2D eigenvalue weighted by atomic mass is 28.4. The second-order valence-electron chi connectivity index (χ2n) is 13.1. The van der Waals surface area contributed by atoms with E-state index in [0.29, 0.717) is 12.1 Å². The van der Waals surface area contributed by atoms with Gasteiger partial charge in [-0.25, -0.2) is 26.3 Å². The minimum Gasteiger partial charge on any atom is -0.539 e. The standard InChI is InChI=1S/C34H53F7OSi2/c1-7-11-12-16-22-44(24(5)6,23-17-14-13-15-21-43(18-8-2,19-9-3)20-10-4)42-34-30(38)26-25(29(37)33(34)41)27(35)31(39)32(40)28(26)36/h24H,7-23H2,1-6H3. The Balaban J connectivity index is 2.37. The van der Waals surface area contributed by atoms with Gasteiger partial charge in [0.2, 0.25) is 5.82 Å². The smallest absolute Gasteiger partial charge is 0.254 e. The van der Waals surface area contributed by atoms with Crippen LogP contribution in [0, 0.1) is 40.7 Å². The van der Waals surface area contributed by atoms with E-state index in [1.54, 1.807) is 0 Å². The van der Waals surface area contributed by atoms with E-state index in [1.165, 1.54) is 43.4 Å². The molecule has 1 unspecified atom stereocenters. The van der Waals surface area contributed by atoms with Gasteiger partial charge in [-0.3, -0.25) is 0 Å². The summed E-state index contributed by atoms with van der Waals surface area (Å²) in [6, 6.07) is 6.52. The van der Waals surface area contributed by atoms with Crippen molar-refractivity contribution in [3.05, 3.63) is 40.7 Å². The third kappa shape index (κ3) is 9.04. The van der Waals surface area contributed by atoms with Gasteiger partial charge < -0.3 is 4.43 Å². The summed E-state index contributed by atoms with van der Waals surface area (Å²) in [5, 5.41) is -3.08. The number of fused-ring (bicyclic) bond motifs is 1. The lowest BCUT2D eigenvalue weighted by molar-refractivity contribution is 0.393. The van der Waals surface area contributed by atoms with Crippen LogP contribution in [0.5, 0.6) is 5.75 Å². The monoisotopic (exact) mass is 666 g/mol. The van der Waals surface area contributed by atoms with Gasteiger partial charge in [0.05, 0.1) is 18.8 Å². The van der Waals surface area contributed by atoms with E-state index >= 15 is 13.2 Å². The van der Waals surface area contributed by atoms with Crippen molar-refractivity contribution < 1.29 is 35.2 Å². The molecule has 0 fully saturated rings. The lowest BCUT2D eigenvalue weighted by Crippen LogP contribution is -2.45. The second kappa shape index (κ2) is 18.0. The van der Waals surface area contributed by atoms with Crippen LogP contribution >= 0.6 is 0 Å². The molecule has 0 N–H and O–H groups in total. The van der Waals surface area contributed by atoms with Gasteiger partial charge in [-0.15, -0.1) is 0 Å². The molecule has 1 atom stereocenters. The lowest BCUT2D eigenvalue weighted by atomic mass is 10.1. The molecule has 252 valence electrons. The fourth-order valence-corrected chi connectivity index (χ4v) is 17.0. The number of hydrogen-bond donors (Lipinski definition) is 0. The molecule has 10 heteroatoms. The average Bonchev–Trinajstić information content (AvgIpc) is 2.98. The van der Waals surface area contributed by atoms with Crippen molar-refractivity contribution >= 4 is 27.2 Å². The maximum absolute atomic E-state index is 15.7. The zero-order valence-electron chi connectivity index (χ0n) is 27.7. The van der Waals surface area contributed by atoms with E-state index in [0.717, 1.165) is 51.4 Å². The first-order chi connectivity index (χ1) is 20.9. The van der Waals surface area contributed by atoms with Crippen molar-refractivity contribution in [3.8, 4) is 5.75 Å². The van der Waals surface area contributed by atoms with Gasteiger partial charge in [0, 0.05) is 0 Å². The molecule has 0 amide bonds. The van der Waals surface area contributed by atoms with E-state index in [-0.39, 0.29) is 5.54 Å². The average molecular weight is 667 g/mol. The molecule has 0 aromatic heterocycles. The van der Waals surface area contributed by atoms with E-state index in [9.17, 15) is 17.6 Å². The number of unbranched alkanes of at least 4 members (excludes halogenated alkanes) is 6. The van der Waals surface area contributed by atoms with Crippen LogP contribution in [0.1, 0.15) is 112 Å². The molecule has 2 aromatic carbocycles. The molecule has 2 aromatic rings. The first-order valence-corrected chi connectivity index (χ1v) is 22.1. The van der Waals surface area contributed by atoms with E-state index in [1.807, 2.05) is 13.8 Å². The predicted octanol–water partition coefficient (Wildman–Crippen LogP) is 13.4. The number of benzene rings is 2. The Labute approximate surface area is 262 Å². The molecule has 2 rings (SSSR count). The predicted molar refractivity (Wildman–Crippen MR) is 173 cm³/mol. The van der Waals surface area contributed by atoms with Gasteiger partial charge in [0.25, 0.3) is 8.32 Å². The molecule has 0 bridgehead atoms. The van der Waals surface area contributed by atoms with Crippen LogP contribution in [0.25, 0.3) is 10.8 Å². The third-order valence-corrected chi connectivity index (χ3v) is 20.7. The van der Waals surface area contributed by atoms with Crippen LogP contribution in [0.3, 0.4) is 0 Å². The molecular weight excluding hydrogens is 614 g/mol. The summed E-state index contributed by atoms with van der Waals surface area (Å²) in [6.07, 6.45) is 11.2. The molecule has 1 nitrogen and oxygen atoms in total. The lowest BCUT2D eigenvalue weighted by Gasteiger charge is -2.36. The number of rotatable bonds is 21. The van der Waals surface area contributed by atoms with Gasteiger partial charge in [-0.2, -0.15) is 4.39 Å². The summed E-state index contributed by atoms with van der Waals surface area (Å²) in [5.74, 6) is -15.7. The van der Waals surface area contributed by atoms with Crippen molar-refractivity contribution in [3.63, 3.8) is 0 Å². The summed E-state index contributed by atoms with van der Waals surface area (Å²) < 4.78 is 109. The van der Waals surface area contributed by atoms with Gasteiger partial charge >= 0.3 is 0 Å². The SMILES string of the molecule is CCCCCC[Si](CCCCCC[Si](CCC)(CCC)CCC)(Oc1c(F)c(F)c2c(F)c(F)c(F)c(F)c2c1F)C(C)C. The summed E-state index contributed by atoms with van der Waals surface area (Å²) in [4.78, 5) is 0. The Morgan fingerprint density at radius 3 is 1.30 bits per heavy atom. The van der Waals surface area contributed by atoms with Gasteiger partial charge in [0.1, 0.15) is 0 Å². The molecule has 0 aliphatic heterocycles. The molecule has 0 aliphatic carbocycles. The Bertz CT molecular complexity index is 1190. The molecule has 0 saturated carbocycles. The van der Waals surface area contributed by atoms with Crippen molar-refractivity contribution in [1.29, 1.82) is 0 Å². The molecule has 0 saturated heterocycles. The zero-order chi connectivity index (χ0) is 33.1. The fourth-order valence-electron chi connectivity index (χ4n) is 7.15. The highest BCUT2D eigenvalue weighted by Crippen LogP contribution is 2.42. The Morgan fingerprint density at radius 1 is 0.455 bits per heavy atom. The Morgan fingerprint density at radius 2 is 0.864 bits per heavy atom. The van der Waals surface area contributed by atoms with Crippen LogP contribution < -0.4 is 4.43 Å². The van der Waals surface area contributed by atoms with Crippen LogP contribution in [-0.2, 0) is 0 Å².